The maximum Gasteiger partial charge on any atom is 0.412 e. The lowest BCUT2D eigenvalue weighted by Crippen LogP contribution is -2.27. The van der Waals surface area contributed by atoms with Gasteiger partial charge in [-0.25, -0.2) is 4.79 Å². The Kier molecular flexibility index (Phi) is 3.60. The fourth-order valence-electron chi connectivity index (χ4n) is 1.53. The first-order chi connectivity index (χ1) is 8.70. The molecule has 0 aliphatic heterocycles. The second kappa shape index (κ2) is 5.34. The second-order valence-electron chi connectivity index (χ2n) is 3.63. The Morgan fingerprint density at radius 3 is 2.56 bits per heavy atom. The monoisotopic (exact) mass is 258 g/mol. The van der Waals surface area contributed by atoms with Gasteiger partial charge in [-0.05, 0) is 35.2 Å². The summed E-state index contributed by atoms with van der Waals surface area (Å²) < 4.78 is 0. The molecule has 1 amide bonds. The highest BCUT2D eigenvalue weighted by molar-refractivity contribution is 7.14. The van der Waals surface area contributed by atoms with Crippen LogP contribution in [0.4, 0.5) is 9.80 Å². The zero-order chi connectivity index (χ0) is 13.0. The highest BCUT2D eigenvalue weighted by atomic mass is 32.1. The van der Waals surface area contributed by atoms with Crippen molar-refractivity contribution in [2.24, 2.45) is 0 Å². The Balaban J connectivity index is 2.19. The number of nitrogens with zero attached hydrogens (tertiary/aromatic N) is 2. The summed E-state index contributed by atoms with van der Waals surface area (Å²) in [5.41, 5.74) is 1.42. The molecule has 4 nitrogen and oxygen atoms in total. The van der Waals surface area contributed by atoms with Gasteiger partial charge in [0.2, 0.25) is 0 Å². The van der Waals surface area contributed by atoms with Crippen molar-refractivity contribution in [2.45, 2.75) is 6.54 Å². The van der Waals surface area contributed by atoms with Gasteiger partial charge < -0.3 is 5.11 Å². The van der Waals surface area contributed by atoms with Crippen LogP contribution in [0.5, 0.6) is 0 Å². The van der Waals surface area contributed by atoms with Gasteiger partial charge in [-0.3, -0.25) is 4.90 Å². The molecule has 1 aromatic carbocycles. The van der Waals surface area contributed by atoms with Crippen LogP contribution in [0.15, 0.2) is 41.8 Å². The third-order valence-corrected chi connectivity index (χ3v) is 3.32. The summed E-state index contributed by atoms with van der Waals surface area (Å²) in [6, 6.07) is 12.5. The number of anilines is 1. The number of benzene rings is 1. The molecule has 5 heteroatoms. The van der Waals surface area contributed by atoms with Crippen LogP contribution in [0.25, 0.3) is 0 Å². The van der Waals surface area contributed by atoms with E-state index in [1.807, 2.05) is 17.5 Å². The average molecular weight is 258 g/mol. The molecular formula is C13H10N2O2S. The van der Waals surface area contributed by atoms with Crippen LogP contribution in [0.3, 0.4) is 0 Å². The maximum atomic E-state index is 11.2. The number of nitriles is 1. The molecule has 0 atom stereocenters. The van der Waals surface area contributed by atoms with Crippen molar-refractivity contribution in [1.82, 2.24) is 0 Å². The normalized spacial score (nSPS) is 9.72. The fraction of sp³-hybridized carbons (Fsp3) is 0.0769. The largest absolute Gasteiger partial charge is 0.465 e. The number of rotatable bonds is 3. The van der Waals surface area contributed by atoms with Crippen molar-refractivity contribution in [3.05, 3.63) is 52.9 Å². The molecule has 0 unspecified atom stereocenters. The van der Waals surface area contributed by atoms with Crippen molar-refractivity contribution < 1.29 is 9.90 Å². The maximum absolute atomic E-state index is 11.2. The molecule has 18 heavy (non-hydrogen) atoms. The minimum atomic E-state index is -0.984. The summed E-state index contributed by atoms with van der Waals surface area (Å²) in [6.45, 7) is 0.279. The Bertz CT molecular complexity index is 570. The number of carbonyl (C=O) groups is 1. The molecular weight excluding hydrogens is 248 g/mol. The van der Waals surface area contributed by atoms with Gasteiger partial charge in [-0.15, -0.1) is 11.3 Å². The van der Waals surface area contributed by atoms with Crippen molar-refractivity contribution in [3.8, 4) is 6.07 Å². The van der Waals surface area contributed by atoms with Crippen LogP contribution in [0, 0.1) is 11.3 Å². The SMILES string of the molecule is N#Cc1ccc(CN(C(=O)O)c2cccs2)cc1. The lowest BCUT2D eigenvalue weighted by molar-refractivity contribution is 0.201. The highest BCUT2D eigenvalue weighted by Crippen LogP contribution is 2.23. The molecule has 1 aromatic heterocycles. The molecule has 0 aliphatic carbocycles. The molecule has 90 valence electrons. The molecule has 0 saturated carbocycles. The molecule has 0 saturated heterocycles. The van der Waals surface area contributed by atoms with E-state index in [2.05, 4.69) is 0 Å². The van der Waals surface area contributed by atoms with E-state index in [4.69, 9.17) is 5.26 Å². The molecule has 2 rings (SSSR count). The van der Waals surface area contributed by atoms with Crippen LogP contribution in [0.1, 0.15) is 11.1 Å². The van der Waals surface area contributed by atoms with Crippen LogP contribution in [-0.2, 0) is 6.54 Å². The number of amides is 1. The third kappa shape index (κ3) is 2.67. The lowest BCUT2D eigenvalue weighted by atomic mass is 10.1. The summed E-state index contributed by atoms with van der Waals surface area (Å²) >= 11 is 1.38. The molecule has 2 aromatic rings. The Morgan fingerprint density at radius 1 is 1.33 bits per heavy atom. The van der Waals surface area contributed by atoms with E-state index in [9.17, 15) is 9.90 Å². The average Bonchev–Trinajstić information content (AvgIpc) is 2.90. The van der Waals surface area contributed by atoms with Crippen LogP contribution in [-0.4, -0.2) is 11.2 Å². The molecule has 0 aliphatic rings. The van der Waals surface area contributed by atoms with Gasteiger partial charge in [0.15, 0.2) is 0 Å². The quantitative estimate of drug-likeness (QED) is 0.918. The minimum absolute atomic E-state index is 0.279. The van der Waals surface area contributed by atoms with Crippen molar-refractivity contribution in [2.75, 3.05) is 4.90 Å². The topological polar surface area (TPSA) is 64.3 Å². The minimum Gasteiger partial charge on any atom is -0.465 e. The van der Waals surface area contributed by atoms with Gasteiger partial charge in [-0.1, -0.05) is 12.1 Å². The molecule has 0 radical (unpaired) electrons. The van der Waals surface area contributed by atoms with E-state index in [1.165, 1.54) is 16.2 Å². The standard InChI is InChI=1S/C13H10N2O2S/c14-8-10-3-5-11(6-4-10)9-15(13(16)17)12-2-1-7-18-12/h1-7H,9H2,(H,16,17). The van der Waals surface area contributed by atoms with Crippen molar-refractivity contribution >= 4 is 22.4 Å². The smallest absolute Gasteiger partial charge is 0.412 e. The molecule has 1 heterocycles. The van der Waals surface area contributed by atoms with E-state index in [-0.39, 0.29) is 6.54 Å². The summed E-state index contributed by atoms with van der Waals surface area (Å²) in [5.74, 6) is 0. The van der Waals surface area contributed by atoms with E-state index >= 15 is 0 Å². The summed E-state index contributed by atoms with van der Waals surface area (Å²) in [5, 5.41) is 20.4. The molecule has 0 fully saturated rings. The van der Waals surface area contributed by atoms with Gasteiger partial charge in [0.1, 0.15) is 5.00 Å². The zero-order valence-electron chi connectivity index (χ0n) is 9.41. The van der Waals surface area contributed by atoms with Crippen LogP contribution < -0.4 is 4.90 Å². The lowest BCUT2D eigenvalue weighted by Gasteiger charge is -2.17. The first kappa shape index (κ1) is 12.1. The van der Waals surface area contributed by atoms with E-state index in [0.29, 0.717) is 10.6 Å². The summed E-state index contributed by atoms with van der Waals surface area (Å²) in [4.78, 5) is 12.5. The second-order valence-corrected chi connectivity index (χ2v) is 4.55. The van der Waals surface area contributed by atoms with Crippen molar-refractivity contribution in [1.29, 1.82) is 5.26 Å². The third-order valence-electron chi connectivity index (χ3n) is 2.43. The predicted molar refractivity (Wildman–Crippen MR) is 69.7 cm³/mol. The van der Waals surface area contributed by atoms with Crippen LogP contribution >= 0.6 is 11.3 Å². The molecule has 0 spiro atoms. The predicted octanol–water partition coefficient (Wildman–Crippen LogP) is 3.30. The summed E-state index contributed by atoms with van der Waals surface area (Å²) in [7, 11) is 0. The van der Waals surface area contributed by atoms with Gasteiger partial charge in [0, 0.05) is 0 Å². The van der Waals surface area contributed by atoms with Gasteiger partial charge >= 0.3 is 6.09 Å². The molecule has 1 N–H and O–H groups in total. The van der Waals surface area contributed by atoms with Crippen LogP contribution in [0.2, 0.25) is 0 Å². The van der Waals surface area contributed by atoms with Gasteiger partial charge in [0.05, 0.1) is 18.2 Å². The molecule has 0 bridgehead atoms. The number of carboxylic acid groups (broad SMARTS) is 1. The zero-order valence-corrected chi connectivity index (χ0v) is 10.2. The first-order valence-electron chi connectivity index (χ1n) is 5.23. The van der Waals surface area contributed by atoms with E-state index in [1.54, 1.807) is 30.3 Å². The highest BCUT2D eigenvalue weighted by Gasteiger charge is 2.15. The number of hydrogen-bond acceptors (Lipinski definition) is 3. The Morgan fingerprint density at radius 2 is 2.06 bits per heavy atom. The Labute approximate surface area is 108 Å². The first-order valence-corrected chi connectivity index (χ1v) is 6.11. The fourth-order valence-corrected chi connectivity index (χ4v) is 2.25. The summed E-state index contributed by atoms with van der Waals surface area (Å²) in [6.07, 6.45) is -0.984. The number of hydrogen-bond donors (Lipinski definition) is 1. The van der Waals surface area contributed by atoms with E-state index in [0.717, 1.165) is 5.56 Å². The Hall–Kier alpha value is -2.32. The van der Waals surface area contributed by atoms with Gasteiger partial charge in [0.25, 0.3) is 0 Å². The van der Waals surface area contributed by atoms with Gasteiger partial charge in [-0.2, -0.15) is 5.26 Å². The van der Waals surface area contributed by atoms with Crippen molar-refractivity contribution in [3.63, 3.8) is 0 Å². The number of thiophene rings is 1. The van der Waals surface area contributed by atoms with E-state index < -0.39 is 6.09 Å².